The molecule has 0 aliphatic carbocycles. The van der Waals surface area contributed by atoms with E-state index in [2.05, 4.69) is 46.6 Å². The predicted molar refractivity (Wildman–Crippen MR) is 124 cm³/mol. The molecule has 0 saturated carbocycles. The Morgan fingerprint density at radius 2 is 1.81 bits per heavy atom. The number of hydrogen-bond donors (Lipinski definition) is 2. The van der Waals surface area contributed by atoms with Crippen molar-refractivity contribution in [2.24, 2.45) is 4.99 Å². The van der Waals surface area contributed by atoms with Crippen molar-refractivity contribution in [1.29, 1.82) is 0 Å². The largest absolute Gasteiger partial charge is 0.454 e. The standard InChI is InChI=1S/C25H26N4O3/c1-3-17(2)19-4-7-21(8-5-19)28-25(27-15-18-10-12-26-13-11-18)29-24(30)20-6-9-22-23(14-20)32-16-31-22/h4-14,17H,3,15-16H2,1-2H3,(H2,27,28,29,30)/t17-/m0/s1. The van der Waals surface area contributed by atoms with E-state index in [4.69, 9.17) is 9.47 Å². The van der Waals surface area contributed by atoms with E-state index in [1.54, 1.807) is 30.6 Å². The van der Waals surface area contributed by atoms with Crippen LogP contribution in [-0.2, 0) is 6.54 Å². The second-order valence-electron chi connectivity index (χ2n) is 7.60. The van der Waals surface area contributed by atoms with Crippen molar-refractivity contribution >= 4 is 17.6 Å². The molecule has 2 aromatic carbocycles. The lowest BCUT2D eigenvalue weighted by molar-refractivity contribution is 0.0976. The van der Waals surface area contributed by atoms with Crippen LogP contribution in [0.5, 0.6) is 11.5 Å². The Kier molecular flexibility index (Phi) is 6.65. The summed E-state index contributed by atoms with van der Waals surface area (Å²) in [7, 11) is 0. The Hall–Kier alpha value is -3.87. The van der Waals surface area contributed by atoms with E-state index >= 15 is 0 Å². The first-order valence-corrected chi connectivity index (χ1v) is 10.6. The SMILES string of the molecule is CC[C@H](C)c1ccc(NC(=NCc2ccncc2)NC(=O)c2ccc3c(c2)OCO3)cc1. The molecule has 1 atom stereocenters. The fraction of sp³-hybridized carbons (Fsp3) is 0.240. The molecule has 2 N–H and O–H groups in total. The third kappa shape index (κ3) is 5.24. The van der Waals surface area contributed by atoms with Crippen molar-refractivity contribution in [3.8, 4) is 11.5 Å². The molecule has 1 aromatic heterocycles. The maximum atomic E-state index is 12.9. The van der Waals surface area contributed by atoms with Gasteiger partial charge in [0.25, 0.3) is 5.91 Å². The molecule has 0 radical (unpaired) electrons. The maximum Gasteiger partial charge on any atom is 0.258 e. The topological polar surface area (TPSA) is 84.8 Å². The smallest absolute Gasteiger partial charge is 0.258 e. The number of nitrogens with zero attached hydrogens (tertiary/aromatic N) is 2. The van der Waals surface area contributed by atoms with Crippen LogP contribution in [-0.4, -0.2) is 23.6 Å². The van der Waals surface area contributed by atoms with Crippen molar-refractivity contribution < 1.29 is 14.3 Å². The second-order valence-corrected chi connectivity index (χ2v) is 7.60. The van der Waals surface area contributed by atoms with Crippen LogP contribution in [0.2, 0.25) is 0 Å². The summed E-state index contributed by atoms with van der Waals surface area (Å²) < 4.78 is 10.7. The number of ether oxygens (including phenoxy) is 2. The van der Waals surface area contributed by atoms with Crippen LogP contribution in [0.15, 0.2) is 72.0 Å². The molecule has 3 aromatic rings. The summed E-state index contributed by atoms with van der Waals surface area (Å²) in [5.41, 5.74) is 3.57. The van der Waals surface area contributed by atoms with E-state index < -0.39 is 0 Å². The zero-order chi connectivity index (χ0) is 22.3. The van der Waals surface area contributed by atoms with Crippen LogP contribution in [0.1, 0.15) is 47.7 Å². The maximum absolute atomic E-state index is 12.9. The van der Waals surface area contributed by atoms with Crippen molar-refractivity contribution in [1.82, 2.24) is 10.3 Å². The van der Waals surface area contributed by atoms with Gasteiger partial charge in [0, 0.05) is 23.6 Å². The molecule has 0 bridgehead atoms. The molecule has 32 heavy (non-hydrogen) atoms. The van der Waals surface area contributed by atoms with E-state index in [9.17, 15) is 4.79 Å². The summed E-state index contributed by atoms with van der Waals surface area (Å²) in [4.78, 5) is 21.5. The van der Waals surface area contributed by atoms with Crippen molar-refractivity contribution in [2.75, 3.05) is 12.1 Å². The molecular formula is C25H26N4O3. The first-order chi connectivity index (χ1) is 15.6. The number of rotatable bonds is 6. The number of guanidine groups is 1. The monoisotopic (exact) mass is 430 g/mol. The van der Waals surface area contributed by atoms with Crippen LogP contribution in [0.4, 0.5) is 5.69 Å². The Labute approximate surface area is 187 Å². The number of pyridine rings is 1. The van der Waals surface area contributed by atoms with Crippen molar-refractivity contribution in [3.63, 3.8) is 0 Å². The van der Waals surface area contributed by atoms with Crippen LogP contribution < -0.4 is 20.1 Å². The summed E-state index contributed by atoms with van der Waals surface area (Å²) in [6.45, 7) is 4.94. The predicted octanol–water partition coefficient (Wildman–Crippen LogP) is 4.72. The number of fused-ring (bicyclic) bond motifs is 1. The molecule has 0 spiro atoms. The van der Waals surface area contributed by atoms with Crippen LogP contribution in [0.25, 0.3) is 0 Å². The molecule has 1 amide bonds. The highest BCUT2D eigenvalue weighted by Gasteiger charge is 2.17. The highest BCUT2D eigenvalue weighted by atomic mass is 16.7. The first-order valence-electron chi connectivity index (χ1n) is 10.6. The molecule has 7 heteroatoms. The Balaban J connectivity index is 1.52. The van der Waals surface area contributed by atoms with E-state index in [0.29, 0.717) is 35.5 Å². The lowest BCUT2D eigenvalue weighted by Gasteiger charge is -2.14. The van der Waals surface area contributed by atoms with Gasteiger partial charge in [0.15, 0.2) is 11.5 Å². The highest BCUT2D eigenvalue weighted by molar-refractivity contribution is 6.10. The van der Waals surface area contributed by atoms with Gasteiger partial charge in [0.2, 0.25) is 12.8 Å². The van der Waals surface area contributed by atoms with Gasteiger partial charge >= 0.3 is 0 Å². The normalized spacial score (nSPS) is 13.5. The minimum absolute atomic E-state index is 0.160. The number of benzene rings is 2. The third-order valence-corrected chi connectivity index (χ3v) is 5.39. The zero-order valence-corrected chi connectivity index (χ0v) is 18.2. The quantitative estimate of drug-likeness (QED) is 0.437. The van der Waals surface area contributed by atoms with Gasteiger partial charge in [0.1, 0.15) is 0 Å². The number of carbonyl (C=O) groups is 1. The van der Waals surface area contributed by atoms with Crippen molar-refractivity contribution in [2.45, 2.75) is 32.7 Å². The average molecular weight is 431 g/mol. The second kappa shape index (κ2) is 9.96. The molecule has 1 aliphatic heterocycles. The number of hydrogen-bond acceptors (Lipinski definition) is 5. The van der Waals surface area contributed by atoms with Gasteiger partial charge in [-0.15, -0.1) is 0 Å². The molecule has 2 heterocycles. The van der Waals surface area contributed by atoms with Gasteiger partial charge in [-0.05, 0) is 65.9 Å². The van der Waals surface area contributed by atoms with E-state index in [1.807, 2.05) is 24.3 Å². The molecule has 1 aliphatic rings. The van der Waals surface area contributed by atoms with E-state index in [-0.39, 0.29) is 12.7 Å². The van der Waals surface area contributed by atoms with Gasteiger partial charge in [-0.25, -0.2) is 4.99 Å². The molecule has 4 rings (SSSR count). The fourth-order valence-corrected chi connectivity index (χ4v) is 3.25. The van der Waals surface area contributed by atoms with Gasteiger partial charge in [0.05, 0.1) is 6.54 Å². The van der Waals surface area contributed by atoms with Gasteiger partial charge in [-0.3, -0.25) is 15.1 Å². The Bertz CT molecular complexity index is 1100. The summed E-state index contributed by atoms with van der Waals surface area (Å²) in [6.07, 6.45) is 4.52. The van der Waals surface area contributed by atoms with Crippen LogP contribution in [0.3, 0.4) is 0 Å². The molecule has 0 saturated heterocycles. The minimum atomic E-state index is -0.291. The van der Waals surface area contributed by atoms with Gasteiger partial charge in [-0.2, -0.15) is 0 Å². The molecule has 0 fully saturated rings. The number of amides is 1. The average Bonchev–Trinajstić information content (AvgIpc) is 3.31. The zero-order valence-electron chi connectivity index (χ0n) is 18.2. The molecule has 0 unspecified atom stereocenters. The third-order valence-electron chi connectivity index (χ3n) is 5.39. The summed E-state index contributed by atoms with van der Waals surface area (Å²) >= 11 is 0. The highest BCUT2D eigenvalue weighted by Crippen LogP contribution is 2.32. The van der Waals surface area contributed by atoms with Crippen molar-refractivity contribution in [3.05, 3.63) is 83.7 Å². The first kappa shape index (κ1) is 21.4. The van der Waals surface area contributed by atoms with E-state index in [1.165, 1.54) is 5.56 Å². The summed E-state index contributed by atoms with van der Waals surface area (Å²) in [6, 6.07) is 17.1. The molecule has 164 valence electrons. The van der Waals surface area contributed by atoms with Crippen LogP contribution in [0, 0.1) is 0 Å². The Morgan fingerprint density at radius 3 is 2.56 bits per heavy atom. The van der Waals surface area contributed by atoms with Crippen LogP contribution >= 0.6 is 0 Å². The Morgan fingerprint density at radius 1 is 1.06 bits per heavy atom. The lowest BCUT2D eigenvalue weighted by atomic mass is 9.99. The number of carbonyl (C=O) groups excluding carboxylic acids is 1. The lowest BCUT2D eigenvalue weighted by Crippen LogP contribution is -2.36. The number of aliphatic imine (C=N–C) groups is 1. The number of aromatic nitrogens is 1. The van der Waals surface area contributed by atoms with E-state index in [0.717, 1.165) is 17.7 Å². The van der Waals surface area contributed by atoms with Gasteiger partial charge < -0.3 is 14.8 Å². The number of anilines is 1. The summed E-state index contributed by atoms with van der Waals surface area (Å²) in [5.74, 6) is 1.75. The minimum Gasteiger partial charge on any atom is -0.454 e. The molecular weight excluding hydrogens is 404 g/mol. The fourth-order valence-electron chi connectivity index (χ4n) is 3.25. The van der Waals surface area contributed by atoms with Gasteiger partial charge in [-0.1, -0.05) is 26.0 Å². The molecule has 7 nitrogen and oxygen atoms in total. The number of nitrogens with one attached hydrogen (secondary N) is 2. The summed E-state index contributed by atoms with van der Waals surface area (Å²) in [5, 5.41) is 6.11.